The fraction of sp³-hybridized carbons (Fsp3) is 0.250. The molecule has 7 heteroatoms. The highest BCUT2D eigenvalue weighted by Gasteiger charge is 2.40. The van der Waals surface area contributed by atoms with Crippen LogP contribution in [0.4, 0.5) is 0 Å². The Morgan fingerprint density at radius 1 is 0.943 bits per heavy atom. The molecule has 0 spiro atoms. The minimum Gasteiger partial charge on any atom is -0.489 e. The summed E-state index contributed by atoms with van der Waals surface area (Å²) in [6.45, 7) is 0.797. The predicted molar refractivity (Wildman–Crippen MR) is 134 cm³/mol. The van der Waals surface area contributed by atoms with Crippen molar-refractivity contribution in [2.45, 2.75) is 43.4 Å². The van der Waals surface area contributed by atoms with Gasteiger partial charge in [0, 0.05) is 24.4 Å². The van der Waals surface area contributed by atoms with Crippen molar-refractivity contribution in [1.82, 2.24) is 4.31 Å². The minimum atomic E-state index is -3.88. The van der Waals surface area contributed by atoms with Crippen molar-refractivity contribution in [2.75, 3.05) is 6.54 Å². The van der Waals surface area contributed by atoms with Gasteiger partial charge in [0.2, 0.25) is 5.09 Å². The number of Topliss-reactive ketones (excluding diaryl/α,β-unsaturated/α-hetero) is 1. The molecule has 0 amide bonds. The summed E-state index contributed by atoms with van der Waals surface area (Å²) in [6, 6.07) is 25.7. The van der Waals surface area contributed by atoms with Crippen LogP contribution in [0.25, 0.3) is 11.0 Å². The first-order valence-electron chi connectivity index (χ1n) is 11.8. The van der Waals surface area contributed by atoms with Crippen LogP contribution in [-0.2, 0) is 27.8 Å². The van der Waals surface area contributed by atoms with E-state index in [2.05, 4.69) is 0 Å². The van der Waals surface area contributed by atoms with Gasteiger partial charge in [0.1, 0.15) is 17.9 Å². The van der Waals surface area contributed by atoms with E-state index in [-0.39, 0.29) is 17.3 Å². The molecule has 6 nitrogen and oxygen atoms in total. The number of furan rings is 1. The summed E-state index contributed by atoms with van der Waals surface area (Å²) >= 11 is 0. The second-order valence-corrected chi connectivity index (χ2v) is 10.6. The lowest BCUT2D eigenvalue weighted by atomic mass is 10.0. The second kappa shape index (κ2) is 10.1. The molecule has 2 heterocycles. The molecular formula is C28H27NO5S. The molecule has 0 unspecified atom stereocenters. The summed E-state index contributed by atoms with van der Waals surface area (Å²) in [4.78, 5) is 13.0. The number of sulfonamides is 1. The van der Waals surface area contributed by atoms with Crippen molar-refractivity contribution in [3.05, 3.63) is 96.1 Å². The summed E-state index contributed by atoms with van der Waals surface area (Å²) in [6.07, 6.45) is 2.05. The van der Waals surface area contributed by atoms with Crippen molar-refractivity contribution in [2.24, 2.45) is 0 Å². The zero-order chi connectivity index (χ0) is 24.3. The fourth-order valence-corrected chi connectivity index (χ4v) is 6.10. The number of nitrogens with zero attached hydrogens (tertiary/aromatic N) is 1. The Bertz CT molecular complexity index is 1380. The molecule has 1 atom stereocenters. The number of carbonyl (C=O) groups excluding carboxylic acids is 1. The van der Waals surface area contributed by atoms with Crippen LogP contribution in [0.3, 0.4) is 0 Å². The fourth-order valence-electron chi connectivity index (χ4n) is 4.47. The van der Waals surface area contributed by atoms with Crippen LogP contribution in [0.1, 0.15) is 30.4 Å². The number of ether oxygens (including phenoxy) is 1. The highest BCUT2D eigenvalue weighted by Crippen LogP contribution is 2.31. The third-order valence-corrected chi connectivity index (χ3v) is 8.14. The summed E-state index contributed by atoms with van der Waals surface area (Å²) in [5.41, 5.74) is 2.60. The standard InChI is InChI=1S/C28H27NO5S/c30-26(17-16-21-12-14-22(15-13-21)20-33-24-8-2-1-3-9-24)25-10-6-18-29(25)35(31,32)28-19-23-7-4-5-11-27(23)34-28/h1-5,7-9,11-15,19,25H,6,10,16-18,20H2/t25-/m0/s1. The lowest BCUT2D eigenvalue weighted by molar-refractivity contribution is -0.122. The second-order valence-electron chi connectivity index (χ2n) is 8.76. The molecule has 0 N–H and O–H groups in total. The van der Waals surface area contributed by atoms with Gasteiger partial charge in [-0.25, -0.2) is 8.42 Å². The van der Waals surface area contributed by atoms with Crippen LogP contribution in [0, 0.1) is 0 Å². The van der Waals surface area contributed by atoms with E-state index in [1.165, 1.54) is 10.4 Å². The molecule has 0 radical (unpaired) electrons. The number of hydrogen-bond donors (Lipinski definition) is 0. The maximum absolute atomic E-state index is 13.3. The van der Waals surface area contributed by atoms with Gasteiger partial charge in [0.05, 0.1) is 6.04 Å². The molecule has 1 aliphatic heterocycles. The molecular weight excluding hydrogens is 462 g/mol. The third-order valence-electron chi connectivity index (χ3n) is 6.37. The topological polar surface area (TPSA) is 76.8 Å². The number of hydrogen-bond acceptors (Lipinski definition) is 5. The van der Waals surface area contributed by atoms with Gasteiger partial charge in [-0.3, -0.25) is 4.79 Å². The normalized spacial score (nSPS) is 16.5. The molecule has 5 rings (SSSR count). The van der Waals surface area contributed by atoms with Crippen LogP contribution in [-0.4, -0.2) is 31.1 Å². The first-order valence-corrected chi connectivity index (χ1v) is 13.2. The molecule has 0 saturated carbocycles. The van der Waals surface area contributed by atoms with Gasteiger partial charge in [0.15, 0.2) is 5.78 Å². The van der Waals surface area contributed by atoms with Gasteiger partial charge in [-0.05, 0) is 48.6 Å². The van der Waals surface area contributed by atoms with Crippen LogP contribution in [0.15, 0.2) is 94.4 Å². The summed E-state index contributed by atoms with van der Waals surface area (Å²) in [5.74, 6) is 0.763. The number of rotatable bonds is 9. The van der Waals surface area contributed by atoms with Crippen LogP contribution in [0.2, 0.25) is 0 Å². The first kappa shape index (κ1) is 23.3. The zero-order valence-electron chi connectivity index (χ0n) is 19.3. The Labute approximate surface area is 205 Å². The largest absolute Gasteiger partial charge is 0.489 e. The Kier molecular flexibility index (Phi) is 6.70. The smallest absolute Gasteiger partial charge is 0.277 e. The average molecular weight is 490 g/mol. The number of aryl methyl sites for hydroxylation is 1. The number of para-hydroxylation sites is 2. The summed E-state index contributed by atoms with van der Waals surface area (Å²) < 4.78 is 39.2. The number of ketones is 1. The maximum atomic E-state index is 13.3. The van der Waals surface area contributed by atoms with Gasteiger partial charge >= 0.3 is 0 Å². The van der Waals surface area contributed by atoms with E-state index in [1.807, 2.05) is 66.7 Å². The highest BCUT2D eigenvalue weighted by atomic mass is 32.2. The Hall–Kier alpha value is -3.42. The van der Waals surface area contributed by atoms with Crippen molar-refractivity contribution >= 4 is 26.8 Å². The third kappa shape index (κ3) is 5.16. The first-order chi connectivity index (χ1) is 17.0. The van der Waals surface area contributed by atoms with E-state index in [0.717, 1.165) is 22.3 Å². The van der Waals surface area contributed by atoms with Gasteiger partial charge in [-0.15, -0.1) is 0 Å². The van der Waals surface area contributed by atoms with E-state index in [0.29, 0.717) is 38.0 Å². The lowest BCUT2D eigenvalue weighted by Gasteiger charge is -2.21. The van der Waals surface area contributed by atoms with Crippen LogP contribution in [0.5, 0.6) is 5.75 Å². The van der Waals surface area contributed by atoms with Gasteiger partial charge in [-0.1, -0.05) is 60.7 Å². The SMILES string of the molecule is O=C(CCc1ccc(COc2ccccc2)cc1)[C@@H]1CCCN1S(=O)(=O)c1cc2ccccc2o1. The molecule has 1 aliphatic rings. The molecule has 180 valence electrons. The average Bonchev–Trinajstić information content (AvgIpc) is 3.56. The molecule has 4 aromatic rings. The maximum Gasteiger partial charge on any atom is 0.277 e. The van der Waals surface area contributed by atoms with Crippen LogP contribution < -0.4 is 4.74 Å². The predicted octanol–water partition coefficient (Wildman–Crippen LogP) is 5.37. The molecule has 1 aromatic heterocycles. The Balaban J connectivity index is 1.20. The minimum absolute atomic E-state index is 0.0568. The molecule has 3 aromatic carbocycles. The van der Waals surface area contributed by atoms with E-state index in [1.54, 1.807) is 12.1 Å². The highest BCUT2D eigenvalue weighted by molar-refractivity contribution is 7.89. The monoisotopic (exact) mass is 489 g/mol. The number of fused-ring (bicyclic) bond motifs is 1. The molecule has 1 saturated heterocycles. The molecule has 35 heavy (non-hydrogen) atoms. The van der Waals surface area contributed by atoms with E-state index < -0.39 is 16.1 Å². The van der Waals surface area contributed by atoms with Crippen molar-refractivity contribution in [1.29, 1.82) is 0 Å². The van der Waals surface area contributed by atoms with Gasteiger partial charge in [-0.2, -0.15) is 4.31 Å². The Morgan fingerprint density at radius 2 is 1.66 bits per heavy atom. The summed E-state index contributed by atoms with van der Waals surface area (Å²) in [7, 11) is -3.88. The molecule has 0 aliphatic carbocycles. The van der Waals surface area contributed by atoms with Crippen molar-refractivity contribution in [3.63, 3.8) is 0 Å². The van der Waals surface area contributed by atoms with Crippen LogP contribution >= 0.6 is 0 Å². The van der Waals surface area contributed by atoms with Gasteiger partial charge in [0.25, 0.3) is 10.0 Å². The number of benzene rings is 3. The van der Waals surface area contributed by atoms with E-state index in [9.17, 15) is 13.2 Å². The van der Waals surface area contributed by atoms with Crippen molar-refractivity contribution in [3.8, 4) is 5.75 Å². The quantitative estimate of drug-likeness (QED) is 0.316. The van der Waals surface area contributed by atoms with Crippen molar-refractivity contribution < 1.29 is 22.4 Å². The molecule has 1 fully saturated rings. The van der Waals surface area contributed by atoms with Gasteiger partial charge < -0.3 is 9.15 Å². The van der Waals surface area contributed by atoms with E-state index >= 15 is 0 Å². The number of carbonyl (C=O) groups is 1. The zero-order valence-corrected chi connectivity index (χ0v) is 20.1. The van der Waals surface area contributed by atoms with E-state index in [4.69, 9.17) is 9.15 Å². The lowest BCUT2D eigenvalue weighted by Crippen LogP contribution is -2.40. The summed E-state index contributed by atoms with van der Waals surface area (Å²) in [5, 5.41) is 0.623. The Morgan fingerprint density at radius 3 is 2.43 bits per heavy atom. The molecule has 0 bridgehead atoms.